The first-order valence-corrected chi connectivity index (χ1v) is 8.09. The van der Waals surface area contributed by atoms with Gasteiger partial charge in [0.05, 0.1) is 6.26 Å². The minimum Gasteiger partial charge on any atom is -0.434 e. The summed E-state index contributed by atoms with van der Waals surface area (Å²) in [4.78, 5) is 0. The maximum Gasteiger partial charge on any atom is 0.289 e. The average Bonchev–Trinajstić information content (AvgIpc) is 2.92. The van der Waals surface area contributed by atoms with Gasteiger partial charge in [0.2, 0.25) is 0 Å². The number of hydrogen-bond acceptors (Lipinski definition) is 2. The number of fused-ring (bicyclic) bond motifs is 1. The number of furan rings is 1. The van der Waals surface area contributed by atoms with E-state index in [0.29, 0.717) is 5.95 Å². The first-order valence-electron chi connectivity index (χ1n) is 8.09. The van der Waals surface area contributed by atoms with E-state index in [-0.39, 0.29) is 10.8 Å². The van der Waals surface area contributed by atoms with E-state index in [9.17, 15) is 0 Å². The summed E-state index contributed by atoms with van der Waals surface area (Å²) >= 11 is 0. The topological polar surface area (TPSA) is 22.4 Å². The van der Waals surface area contributed by atoms with Gasteiger partial charge in [0, 0.05) is 6.07 Å². The highest BCUT2D eigenvalue weighted by atomic mass is 16.6. The van der Waals surface area contributed by atoms with E-state index in [1.165, 1.54) is 35.1 Å². The predicted octanol–water partition coefficient (Wildman–Crippen LogP) is 6.04. The molecule has 118 valence electrons. The second-order valence-corrected chi connectivity index (χ2v) is 7.87. The lowest BCUT2D eigenvalue weighted by Gasteiger charge is -2.43. The normalized spacial score (nSPS) is 18.8. The summed E-state index contributed by atoms with van der Waals surface area (Å²) in [7, 11) is 0. The maximum atomic E-state index is 6.04. The predicted molar refractivity (Wildman–Crippen MR) is 90.0 cm³/mol. The largest absolute Gasteiger partial charge is 0.434 e. The van der Waals surface area contributed by atoms with Crippen molar-refractivity contribution in [3.05, 3.63) is 46.7 Å². The van der Waals surface area contributed by atoms with E-state index in [1.807, 2.05) is 12.1 Å². The molecule has 2 nitrogen and oxygen atoms in total. The van der Waals surface area contributed by atoms with Crippen molar-refractivity contribution < 1.29 is 9.15 Å². The van der Waals surface area contributed by atoms with Gasteiger partial charge in [-0.3, -0.25) is 0 Å². The third-order valence-electron chi connectivity index (χ3n) is 5.18. The van der Waals surface area contributed by atoms with Crippen molar-refractivity contribution in [1.82, 2.24) is 0 Å². The van der Waals surface area contributed by atoms with Gasteiger partial charge in [-0.15, -0.1) is 0 Å². The molecule has 1 aromatic carbocycles. The summed E-state index contributed by atoms with van der Waals surface area (Å²) in [6, 6.07) is 6.03. The molecule has 0 atom stereocenters. The summed E-state index contributed by atoms with van der Waals surface area (Å²) in [5.74, 6) is 1.50. The molecule has 3 rings (SSSR count). The fourth-order valence-electron chi connectivity index (χ4n) is 3.84. The fourth-order valence-corrected chi connectivity index (χ4v) is 3.84. The number of ether oxygens (including phenoxy) is 1. The number of rotatable bonds is 2. The highest BCUT2D eigenvalue weighted by molar-refractivity contribution is 5.56. The monoisotopic (exact) mass is 298 g/mol. The fraction of sp³-hybridized carbons (Fsp3) is 0.500. The van der Waals surface area contributed by atoms with Crippen molar-refractivity contribution in [2.24, 2.45) is 0 Å². The molecule has 0 saturated heterocycles. The molecule has 2 aromatic rings. The van der Waals surface area contributed by atoms with Gasteiger partial charge in [0.15, 0.2) is 0 Å². The third kappa shape index (κ3) is 2.35. The number of benzene rings is 1. The van der Waals surface area contributed by atoms with Crippen LogP contribution in [0.3, 0.4) is 0 Å². The van der Waals surface area contributed by atoms with Crippen LogP contribution in [0.15, 0.2) is 28.9 Å². The van der Waals surface area contributed by atoms with Crippen LogP contribution in [0.1, 0.15) is 62.8 Å². The summed E-state index contributed by atoms with van der Waals surface area (Å²) in [6.45, 7) is 13.7. The van der Waals surface area contributed by atoms with Crippen LogP contribution >= 0.6 is 0 Å². The van der Waals surface area contributed by atoms with Crippen molar-refractivity contribution in [1.29, 1.82) is 0 Å². The quantitative estimate of drug-likeness (QED) is 0.674. The molecule has 1 aliphatic carbocycles. The molecule has 1 heterocycles. The van der Waals surface area contributed by atoms with E-state index in [0.717, 1.165) is 5.75 Å². The van der Waals surface area contributed by atoms with Crippen LogP contribution in [-0.4, -0.2) is 0 Å². The molecule has 1 aliphatic rings. The smallest absolute Gasteiger partial charge is 0.289 e. The van der Waals surface area contributed by atoms with Crippen molar-refractivity contribution in [2.45, 2.75) is 65.2 Å². The molecule has 0 fully saturated rings. The average molecular weight is 298 g/mol. The Morgan fingerprint density at radius 2 is 1.73 bits per heavy atom. The van der Waals surface area contributed by atoms with Crippen molar-refractivity contribution >= 4 is 0 Å². The lowest BCUT2D eigenvalue weighted by Crippen LogP contribution is -2.35. The maximum absolute atomic E-state index is 6.04. The first kappa shape index (κ1) is 15.2. The van der Waals surface area contributed by atoms with Crippen LogP contribution in [0, 0.1) is 13.8 Å². The Labute approximate surface area is 133 Å². The Morgan fingerprint density at radius 3 is 2.36 bits per heavy atom. The van der Waals surface area contributed by atoms with Crippen molar-refractivity contribution in [2.75, 3.05) is 0 Å². The highest BCUT2D eigenvalue weighted by Gasteiger charge is 2.39. The zero-order valence-corrected chi connectivity index (χ0v) is 14.5. The van der Waals surface area contributed by atoms with Gasteiger partial charge >= 0.3 is 0 Å². The van der Waals surface area contributed by atoms with Gasteiger partial charge in [-0.05, 0) is 65.8 Å². The van der Waals surface area contributed by atoms with E-state index in [4.69, 9.17) is 9.15 Å². The third-order valence-corrected chi connectivity index (χ3v) is 5.18. The van der Waals surface area contributed by atoms with Crippen molar-refractivity contribution in [3.8, 4) is 11.7 Å². The van der Waals surface area contributed by atoms with Crippen molar-refractivity contribution in [3.63, 3.8) is 0 Å². The van der Waals surface area contributed by atoms with Gasteiger partial charge in [-0.25, -0.2) is 0 Å². The standard InChI is InChI=1S/C20H26O2/c1-13-12-15-17(20(5,6)10-9-19(15,3)4)14(2)18(13)22-16-8-7-11-21-16/h7-8,11-12H,9-10H2,1-6H3. The molecule has 0 spiro atoms. The molecule has 22 heavy (non-hydrogen) atoms. The second-order valence-electron chi connectivity index (χ2n) is 7.87. The summed E-state index contributed by atoms with van der Waals surface area (Å²) in [5.41, 5.74) is 5.78. The molecule has 2 heteroatoms. The Hall–Kier alpha value is -1.70. The van der Waals surface area contributed by atoms with Crippen LogP contribution in [0.4, 0.5) is 0 Å². The molecule has 0 N–H and O–H groups in total. The van der Waals surface area contributed by atoms with E-state index in [2.05, 4.69) is 47.6 Å². The molecular formula is C20H26O2. The minimum atomic E-state index is 0.184. The molecule has 0 amide bonds. The molecule has 0 aliphatic heterocycles. The Bertz CT molecular complexity index is 691. The van der Waals surface area contributed by atoms with Gasteiger partial charge in [0.1, 0.15) is 5.75 Å². The first-order chi connectivity index (χ1) is 10.2. The SMILES string of the molecule is Cc1cc2c(c(C)c1Oc1ccco1)C(C)(C)CCC2(C)C. The van der Waals surface area contributed by atoms with E-state index in [1.54, 1.807) is 6.26 Å². The second kappa shape index (κ2) is 4.91. The summed E-state index contributed by atoms with van der Waals surface area (Å²) in [6.07, 6.45) is 4.08. The van der Waals surface area contributed by atoms with Gasteiger partial charge in [-0.1, -0.05) is 33.8 Å². The highest BCUT2D eigenvalue weighted by Crippen LogP contribution is 2.50. The number of hydrogen-bond donors (Lipinski definition) is 0. The molecule has 0 radical (unpaired) electrons. The van der Waals surface area contributed by atoms with Crippen LogP contribution < -0.4 is 4.74 Å². The summed E-state index contributed by atoms with van der Waals surface area (Å²) < 4.78 is 11.4. The minimum absolute atomic E-state index is 0.184. The van der Waals surface area contributed by atoms with Crippen LogP contribution in [0.2, 0.25) is 0 Å². The zero-order valence-electron chi connectivity index (χ0n) is 14.5. The van der Waals surface area contributed by atoms with Gasteiger partial charge in [-0.2, -0.15) is 0 Å². The lowest BCUT2D eigenvalue weighted by molar-refractivity contribution is 0.320. The lowest BCUT2D eigenvalue weighted by atomic mass is 9.61. The Kier molecular flexibility index (Phi) is 3.39. The Balaban J connectivity index is 2.19. The van der Waals surface area contributed by atoms with Crippen LogP contribution in [0.25, 0.3) is 0 Å². The van der Waals surface area contributed by atoms with Crippen LogP contribution in [-0.2, 0) is 10.8 Å². The molecule has 1 aromatic heterocycles. The van der Waals surface area contributed by atoms with Gasteiger partial charge < -0.3 is 9.15 Å². The molecule has 0 saturated carbocycles. The zero-order chi connectivity index (χ0) is 16.1. The Morgan fingerprint density at radius 1 is 1.05 bits per heavy atom. The van der Waals surface area contributed by atoms with E-state index < -0.39 is 0 Å². The molecular weight excluding hydrogens is 272 g/mol. The molecule has 0 unspecified atom stereocenters. The molecule has 0 bridgehead atoms. The number of aryl methyl sites for hydroxylation is 1. The summed E-state index contributed by atoms with van der Waals surface area (Å²) in [5, 5.41) is 0. The van der Waals surface area contributed by atoms with E-state index >= 15 is 0 Å². The van der Waals surface area contributed by atoms with Crippen LogP contribution in [0.5, 0.6) is 11.7 Å². The van der Waals surface area contributed by atoms with Gasteiger partial charge in [0.25, 0.3) is 5.95 Å².